The van der Waals surface area contributed by atoms with E-state index in [4.69, 9.17) is 27.9 Å². The fourth-order valence-electron chi connectivity index (χ4n) is 3.33. The highest BCUT2D eigenvalue weighted by atomic mass is 35.5. The minimum Gasteiger partial charge on any atom is -0.464 e. The second-order valence-corrected chi connectivity index (χ2v) is 7.95. The first kappa shape index (κ1) is 22.3. The standard InChI is InChI=1S/C24H26Cl2N2O2/c1-3-4-5-13-28-16-18(14-23(28)24(29)30-2)17-9-11-19(12-10-17)27-15-20-21(25)7-6-8-22(20)26/h6-12,14,16,27H,3-5,13,15H2,1-2H3. The smallest absolute Gasteiger partial charge is 0.354 e. The molecule has 3 rings (SSSR count). The lowest BCUT2D eigenvalue weighted by atomic mass is 10.1. The number of nitrogens with zero attached hydrogens (tertiary/aromatic N) is 1. The summed E-state index contributed by atoms with van der Waals surface area (Å²) in [6.07, 6.45) is 5.31. The number of benzene rings is 2. The van der Waals surface area contributed by atoms with Crippen molar-refractivity contribution in [2.24, 2.45) is 0 Å². The highest BCUT2D eigenvalue weighted by Crippen LogP contribution is 2.27. The molecule has 0 aliphatic carbocycles. The van der Waals surface area contributed by atoms with Gasteiger partial charge in [-0.1, -0.05) is 61.2 Å². The molecule has 30 heavy (non-hydrogen) atoms. The predicted molar refractivity (Wildman–Crippen MR) is 125 cm³/mol. The van der Waals surface area contributed by atoms with Crippen molar-refractivity contribution in [3.8, 4) is 11.1 Å². The number of nitrogens with one attached hydrogen (secondary N) is 1. The third-order valence-corrected chi connectivity index (χ3v) is 5.75. The fourth-order valence-corrected chi connectivity index (χ4v) is 3.86. The molecule has 0 fully saturated rings. The van der Waals surface area contributed by atoms with E-state index in [2.05, 4.69) is 12.2 Å². The summed E-state index contributed by atoms with van der Waals surface area (Å²) < 4.78 is 6.94. The van der Waals surface area contributed by atoms with E-state index < -0.39 is 0 Å². The average molecular weight is 445 g/mol. The third kappa shape index (κ3) is 5.38. The normalized spacial score (nSPS) is 10.8. The average Bonchev–Trinajstić information content (AvgIpc) is 3.17. The molecule has 0 atom stereocenters. The number of hydrogen-bond donors (Lipinski definition) is 1. The van der Waals surface area contributed by atoms with Gasteiger partial charge in [-0.3, -0.25) is 0 Å². The Kier molecular flexibility index (Phi) is 7.83. The second kappa shape index (κ2) is 10.6. The van der Waals surface area contributed by atoms with Gasteiger partial charge in [-0.25, -0.2) is 4.79 Å². The number of anilines is 1. The summed E-state index contributed by atoms with van der Waals surface area (Å²) in [5, 5.41) is 4.64. The van der Waals surface area contributed by atoms with Crippen molar-refractivity contribution in [2.75, 3.05) is 12.4 Å². The molecule has 0 amide bonds. The van der Waals surface area contributed by atoms with Gasteiger partial charge in [0.2, 0.25) is 0 Å². The van der Waals surface area contributed by atoms with Gasteiger partial charge in [-0.05, 0) is 42.3 Å². The number of unbranched alkanes of at least 4 members (excludes halogenated alkanes) is 2. The van der Waals surface area contributed by atoms with E-state index in [1.165, 1.54) is 7.11 Å². The number of hydrogen-bond acceptors (Lipinski definition) is 3. The van der Waals surface area contributed by atoms with Gasteiger partial charge in [0.25, 0.3) is 0 Å². The summed E-state index contributed by atoms with van der Waals surface area (Å²) in [6.45, 7) is 3.51. The van der Waals surface area contributed by atoms with Crippen LogP contribution in [0.5, 0.6) is 0 Å². The zero-order valence-corrected chi connectivity index (χ0v) is 18.8. The number of halogens is 2. The van der Waals surface area contributed by atoms with E-state index in [9.17, 15) is 4.79 Å². The van der Waals surface area contributed by atoms with Crippen LogP contribution in [0.3, 0.4) is 0 Å². The number of carbonyl (C=O) groups is 1. The summed E-state index contributed by atoms with van der Waals surface area (Å²) >= 11 is 12.5. The fraction of sp³-hybridized carbons (Fsp3) is 0.292. The molecule has 0 unspecified atom stereocenters. The number of esters is 1. The van der Waals surface area contributed by atoms with Crippen LogP contribution in [0.25, 0.3) is 11.1 Å². The molecule has 3 aromatic rings. The minimum absolute atomic E-state index is 0.312. The number of ether oxygens (including phenoxy) is 1. The van der Waals surface area contributed by atoms with Gasteiger partial charge >= 0.3 is 5.97 Å². The Hall–Kier alpha value is -2.43. The number of methoxy groups -OCH3 is 1. The molecule has 0 spiro atoms. The topological polar surface area (TPSA) is 43.3 Å². The lowest BCUT2D eigenvalue weighted by Gasteiger charge is -2.10. The van der Waals surface area contributed by atoms with E-state index in [0.717, 1.165) is 48.2 Å². The van der Waals surface area contributed by atoms with Gasteiger partial charge < -0.3 is 14.6 Å². The quantitative estimate of drug-likeness (QED) is 0.284. The molecule has 1 aromatic heterocycles. The molecule has 0 saturated heterocycles. The first-order chi connectivity index (χ1) is 14.5. The number of carbonyl (C=O) groups excluding carboxylic acids is 1. The van der Waals surface area contributed by atoms with Crippen molar-refractivity contribution in [3.63, 3.8) is 0 Å². The Bertz CT molecular complexity index is 977. The Morgan fingerprint density at radius 1 is 1.03 bits per heavy atom. The summed E-state index contributed by atoms with van der Waals surface area (Å²) in [5.41, 5.74) is 4.45. The number of rotatable bonds is 9. The van der Waals surface area contributed by atoms with Crippen LogP contribution in [0, 0.1) is 0 Å². The molecule has 0 aliphatic rings. The van der Waals surface area contributed by atoms with Crippen LogP contribution in [0.1, 0.15) is 42.2 Å². The minimum atomic E-state index is -0.312. The SMILES string of the molecule is CCCCCn1cc(-c2ccc(NCc3c(Cl)cccc3Cl)cc2)cc1C(=O)OC. The molecule has 2 aromatic carbocycles. The monoisotopic (exact) mass is 444 g/mol. The molecule has 158 valence electrons. The van der Waals surface area contributed by atoms with E-state index in [1.54, 1.807) is 0 Å². The van der Waals surface area contributed by atoms with E-state index in [0.29, 0.717) is 22.3 Å². The zero-order chi connectivity index (χ0) is 21.5. The molecule has 1 heterocycles. The molecular formula is C24H26Cl2N2O2. The largest absolute Gasteiger partial charge is 0.464 e. The maximum Gasteiger partial charge on any atom is 0.354 e. The molecule has 0 radical (unpaired) electrons. The molecule has 4 nitrogen and oxygen atoms in total. The van der Waals surface area contributed by atoms with Gasteiger partial charge in [0, 0.05) is 46.1 Å². The van der Waals surface area contributed by atoms with Crippen LogP contribution < -0.4 is 5.32 Å². The van der Waals surface area contributed by atoms with Crippen LogP contribution >= 0.6 is 23.2 Å². The molecular weight excluding hydrogens is 419 g/mol. The second-order valence-electron chi connectivity index (χ2n) is 7.14. The highest BCUT2D eigenvalue weighted by Gasteiger charge is 2.15. The molecule has 0 aliphatic heterocycles. The van der Waals surface area contributed by atoms with E-state index in [-0.39, 0.29) is 5.97 Å². The molecule has 0 bridgehead atoms. The first-order valence-corrected chi connectivity index (χ1v) is 10.8. The Balaban J connectivity index is 1.74. The van der Waals surface area contributed by atoms with Gasteiger partial charge in [-0.15, -0.1) is 0 Å². The summed E-state index contributed by atoms with van der Waals surface area (Å²) in [7, 11) is 1.41. The summed E-state index contributed by atoms with van der Waals surface area (Å²) in [6, 6.07) is 15.5. The van der Waals surface area contributed by atoms with Crippen molar-refractivity contribution in [3.05, 3.63) is 76.0 Å². The van der Waals surface area contributed by atoms with Crippen LogP contribution in [-0.4, -0.2) is 17.6 Å². The third-order valence-electron chi connectivity index (χ3n) is 5.04. The van der Waals surface area contributed by atoms with Crippen LogP contribution in [-0.2, 0) is 17.8 Å². The van der Waals surface area contributed by atoms with Gasteiger partial charge in [0.15, 0.2) is 0 Å². The van der Waals surface area contributed by atoms with E-state index >= 15 is 0 Å². The van der Waals surface area contributed by atoms with Crippen molar-refractivity contribution < 1.29 is 9.53 Å². The van der Waals surface area contributed by atoms with E-state index in [1.807, 2.05) is 59.3 Å². The lowest BCUT2D eigenvalue weighted by Crippen LogP contribution is -2.09. The summed E-state index contributed by atoms with van der Waals surface area (Å²) in [4.78, 5) is 12.2. The first-order valence-electron chi connectivity index (χ1n) is 10.1. The number of aromatic nitrogens is 1. The van der Waals surface area contributed by atoms with Crippen LogP contribution in [0.4, 0.5) is 5.69 Å². The lowest BCUT2D eigenvalue weighted by molar-refractivity contribution is 0.0588. The highest BCUT2D eigenvalue weighted by molar-refractivity contribution is 6.36. The van der Waals surface area contributed by atoms with Gasteiger partial charge in [0.05, 0.1) is 7.11 Å². The van der Waals surface area contributed by atoms with Crippen molar-refractivity contribution >= 4 is 34.9 Å². The Morgan fingerprint density at radius 3 is 2.37 bits per heavy atom. The maximum atomic E-state index is 12.2. The van der Waals surface area contributed by atoms with Gasteiger partial charge in [0.1, 0.15) is 5.69 Å². The molecule has 1 N–H and O–H groups in total. The Labute approximate surface area is 187 Å². The summed E-state index contributed by atoms with van der Waals surface area (Å²) in [5.74, 6) is -0.312. The zero-order valence-electron chi connectivity index (χ0n) is 17.3. The van der Waals surface area contributed by atoms with Crippen molar-refractivity contribution in [1.82, 2.24) is 4.57 Å². The number of aryl methyl sites for hydroxylation is 1. The molecule has 0 saturated carbocycles. The van der Waals surface area contributed by atoms with Crippen LogP contribution in [0.2, 0.25) is 10.0 Å². The predicted octanol–water partition coefficient (Wildman–Crippen LogP) is 7.05. The van der Waals surface area contributed by atoms with Crippen molar-refractivity contribution in [2.45, 2.75) is 39.3 Å². The van der Waals surface area contributed by atoms with Crippen molar-refractivity contribution in [1.29, 1.82) is 0 Å². The van der Waals surface area contributed by atoms with Crippen LogP contribution in [0.15, 0.2) is 54.7 Å². The maximum absolute atomic E-state index is 12.2. The Morgan fingerprint density at radius 2 is 1.73 bits per heavy atom. The van der Waals surface area contributed by atoms with Gasteiger partial charge in [-0.2, -0.15) is 0 Å². The molecule has 6 heteroatoms.